The van der Waals surface area contributed by atoms with E-state index in [-0.39, 0.29) is 13.1 Å². The Morgan fingerprint density at radius 2 is 1.26 bits per heavy atom. The molecule has 0 saturated carbocycles. The van der Waals surface area contributed by atoms with E-state index in [9.17, 15) is 0 Å². The van der Waals surface area contributed by atoms with Gasteiger partial charge in [-0.3, -0.25) is 9.98 Å². The van der Waals surface area contributed by atoms with E-state index in [0.717, 1.165) is 28.3 Å². The van der Waals surface area contributed by atoms with Gasteiger partial charge in [-0.2, -0.15) is 0 Å². The summed E-state index contributed by atoms with van der Waals surface area (Å²) < 4.78 is 0. The summed E-state index contributed by atoms with van der Waals surface area (Å²) in [5, 5.41) is 0. The molecular weight excluding hydrogens is 421 g/mol. The van der Waals surface area contributed by atoms with Crippen LogP contribution in [0.25, 0.3) is 0 Å². The van der Waals surface area contributed by atoms with Gasteiger partial charge in [0.15, 0.2) is 0 Å². The van der Waals surface area contributed by atoms with Gasteiger partial charge >= 0.3 is 33.3 Å². The van der Waals surface area contributed by atoms with Crippen molar-refractivity contribution in [2.45, 2.75) is 20.8 Å². The first-order chi connectivity index (χ1) is 13.0. The molecule has 1 aromatic heterocycles. The first-order valence-electron chi connectivity index (χ1n) is 8.24. The fourth-order valence-corrected chi connectivity index (χ4v) is 2.52. The van der Waals surface area contributed by atoms with Crippen LogP contribution >= 0.6 is 20.2 Å². The van der Waals surface area contributed by atoms with Gasteiger partial charge in [-0.25, -0.2) is 0 Å². The molecule has 6 heteroatoms. The minimum atomic E-state index is 0.194. The second-order valence-corrected chi connectivity index (χ2v) is 7.71. The average Bonchev–Trinajstić information content (AvgIpc) is 3.09. The number of halogens is 2. The van der Waals surface area contributed by atoms with Gasteiger partial charge < -0.3 is 4.98 Å². The van der Waals surface area contributed by atoms with Gasteiger partial charge in [0.1, 0.15) is 0 Å². The zero-order chi connectivity index (χ0) is 19.6. The molecule has 0 aliphatic rings. The maximum atomic E-state index is 4.76. The van der Waals surface area contributed by atoms with Crippen molar-refractivity contribution >= 4 is 44.0 Å². The Morgan fingerprint density at radius 1 is 0.741 bits per heavy atom. The zero-order valence-corrected chi connectivity index (χ0v) is 17.9. The standard InChI is InChI=1S/C21H20N3.2ClH.Fe/c1-15-7-4-5-10-20(15)22-13-18-11-12-19(24-18)14-23-21-16(2)8-6-9-17(21)3;;;/h4-14H,1-3H3;2*1H;/q-1;;;+3/p-2. The monoisotopic (exact) mass is 440 g/mol. The van der Waals surface area contributed by atoms with E-state index in [2.05, 4.69) is 40.9 Å². The molecule has 3 aromatic rings. The van der Waals surface area contributed by atoms with Gasteiger partial charge in [0, 0.05) is 12.4 Å². The molecule has 0 saturated heterocycles. The molecule has 141 valence electrons. The molecule has 2 aromatic carbocycles. The second kappa shape index (κ2) is 11.1. The number of para-hydroxylation sites is 2. The zero-order valence-electron chi connectivity index (χ0n) is 15.3. The third kappa shape index (κ3) is 6.67. The summed E-state index contributed by atoms with van der Waals surface area (Å²) in [4.78, 5) is 13.6. The third-order valence-corrected chi connectivity index (χ3v) is 3.90. The number of aliphatic imine (C=N–C) groups is 2. The van der Waals surface area contributed by atoms with Crippen molar-refractivity contribution in [1.82, 2.24) is 4.98 Å². The van der Waals surface area contributed by atoms with E-state index in [1.807, 2.05) is 49.4 Å². The summed E-state index contributed by atoms with van der Waals surface area (Å²) in [5.74, 6) is 0. The summed E-state index contributed by atoms with van der Waals surface area (Å²) >= 11 is 0.194. The Kier molecular flexibility index (Phi) is 8.83. The van der Waals surface area contributed by atoms with Gasteiger partial charge in [0.25, 0.3) is 0 Å². The van der Waals surface area contributed by atoms with Crippen molar-refractivity contribution in [2.75, 3.05) is 0 Å². The topological polar surface area (TPSA) is 38.8 Å². The van der Waals surface area contributed by atoms with Crippen LogP contribution in [-0.2, 0) is 13.1 Å². The molecule has 0 spiro atoms. The van der Waals surface area contributed by atoms with Crippen LogP contribution in [0.15, 0.2) is 64.6 Å². The van der Waals surface area contributed by atoms with E-state index in [4.69, 9.17) is 20.2 Å². The summed E-state index contributed by atoms with van der Waals surface area (Å²) in [5.41, 5.74) is 7.13. The van der Waals surface area contributed by atoms with E-state index < -0.39 is 0 Å². The van der Waals surface area contributed by atoms with Crippen LogP contribution in [0.5, 0.6) is 0 Å². The maximum absolute atomic E-state index is 4.76. The van der Waals surface area contributed by atoms with Gasteiger partial charge in [-0.15, -0.1) is 11.4 Å². The third-order valence-electron chi connectivity index (χ3n) is 3.90. The van der Waals surface area contributed by atoms with Crippen molar-refractivity contribution in [3.05, 3.63) is 82.7 Å². The Balaban J connectivity index is 0.000000817. The number of aromatic nitrogens is 1. The van der Waals surface area contributed by atoms with Crippen molar-refractivity contribution in [1.29, 1.82) is 0 Å². The fraction of sp³-hybridized carbons (Fsp3) is 0.143. The Morgan fingerprint density at radius 3 is 1.85 bits per heavy atom. The number of aryl methyl sites for hydroxylation is 3. The van der Waals surface area contributed by atoms with Crippen LogP contribution in [0.1, 0.15) is 28.1 Å². The molecule has 3 rings (SSSR count). The molecule has 0 atom stereocenters. The fourth-order valence-electron chi connectivity index (χ4n) is 2.52. The van der Waals surface area contributed by atoms with Crippen molar-refractivity contribution in [3.63, 3.8) is 0 Å². The van der Waals surface area contributed by atoms with Gasteiger partial charge in [-0.05, 0) is 43.5 Å². The van der Waals surface area contributed by atoms with Crippen LogP contribution in [0.3, 0.4) is 0 Å². The predicted molar refractivity (Wildman–Crippen MR) is 113 cm³/mol. The Bertz CT molecular complexity index is 912. The first kappa shape index (κ1) is 21.5. The molecule has 0 aliphatic carbocycles. The van der Waals surface area contributed by atoms with Crippen molar-refractivity contribution < 1.29 is 13.1 Å². The quantitative estimate of drug-likeness (QED) is 0.339. The second-order valence-electron chi connectivity index (χ2n) is 5.89. The minimum absolute atomic E-state index is 0.194. The number of hydrogen-bond acceptors (Lipinski definition) is 2. The molecule has 3 nitrogen and oxygen atoms in total. The normalized spacial score (nSPS) is 11.0. The van der Waals surface area contributed by atoms with E-state index in [0.29, 0.717) is 0 Å². The average molecular weight is 441 g/mol. The molecule has 27 heavy (non-hydrogen) atoms. The van der Waals surface area contributed by atoms with Crippen LogP contribution in [0.2, 0.25) is 0 Å². The van der Waals surface area contributed by atoms with Crippen LogP contribution in [-0.4, -0.2) is 12.4 Å². The van der Waals surface area contributed by atoms with E-state index in [1.54, 1.807) is 12.4 Å². The number of nitrogens with zero attached hydrogens (tertiary/aromatic N) is 3. The van der Waals surface area contributed by atoms with Crippen LogP contribution in [0, 0.1) is 20.8 Å². The molecule has 1 heterocycles. The molecule has 0 unspecified atom stereocenters. The number of hydrogen-bond donors (Lipinski definition) is 0. The summed E-state index contributed by atoms with van der Waals surface area (Å²) in [6.45, 7) is 6.18. The van der Waals surface area contributed by atoms with Gasteiger partial charge in [-0.1, -0.05) is 48.5 Å². The summed E-state index contributed by atoms with van der Waals surface area (Å²) in [6, 6.07) is 18.1. The van der Waals surface area contributed by atoms with E-state index >= 15 is 0 Å². The summed E-state index contributed by atoms with van der Waals surface area (Å²) in [6.07, 6.45) is 3.60. The molecule has 0 N–H and O–H groups in total. The van der Waals surface area contributed by atoms with E-state index in [1.165, 1.54) is 11.1 Å². The van der Waals surface area contributed by atoms with Gasteiger partial charge in [0.05, 0.1) is 11.4 Å². The Labute approximate surface area is 175 Å². The number of rotatable bonds is 4. The Hall–Kier alpha value is -1.84. The van der Waals surface area contributed by atoms with Crippen molar-refractivity contribution in [3.8, 4) is 0 Å². The molecule has 0 amide bonds. The molecular formula is C21H20Cl2FeN3. The predicted octanol–water partition coefficient (Wildman–Crippen LogP) is 6.45. The first-order valence-corrected chi connectivity index (χ1v) is 11.3. The van der Waals surface area contributed by atoms with Crippen LogP contribution < -0.4 is 4.98 Å². The van der Waals surface area contributed by atoms with Gasteiger partial charge in [0.2, 0.25) is 0 Å². The summed E-state index contributed by atoms with van der Waals surface area (Å²) in [7, 11) is 9.53. The molecule has 0 radical (unpaired) electrons. The molecule has 0 aliphatic heterocycles. The van der Waals surface area contributed by atoms with Crippen LogP contribution in [0.4, 0.5) is 11.4 Å². The number of benzene rings is 2. The molecule has 0 fully saturated rings. The molecule has 0 bridgehead atoms. The SMILES string of the molecule is Cc1ccccc1N=Cc1ccc(C=Nc2c(C)cccc2C)[n-]1.[Cl][Fe+][Cl]. The van der Waals surface area contributed by atoms with Crippen molar-refractivity contribution in [2.24, 2.45) is 9.98 Å².